The number of halogens is 1. The van der Waals surface area contributed by atoms with Crippen LogP contribution in [-0.2, 0) is 16.1 Å². The van der Waals surface area contributed by atoms with Crippen molar-refractivity contribution in [3.05, 3.63) is 35.6 Å². The molecular formula is C16H22FN3O2. The summed E-state index contributed by atoms with van der Waals surface area (Å²) in [6, 6.07) is 6.71. The van der Waals surface area contributed by atoms with Crippen LogP contribution in [0.15, 0.2) is 24.3 Å². The summed E-state index contributed by atoms with van der Waals surface area (Å²) in [6.45, 7) is 0.534. The first-order valence-electron chi connectivity index (χ1n) is 7.41. The second-order valence-corrected chi connectivity index (χ2v) is 5.86. The normalized spacial score (nSPS) is 14.0. The van der Waals surface area contributed by atoms with Crippen molar-refractivity contribution < 1.29 is 14.0 Å². The zero-order valence-corrected chi connectivity index (χ0v) is 13.0. The summed E-state index contributed by atoms with van der Waals surface area (Å²) in [6.07, 6.45) is 2.08. The molecule has 1 aliphatic rings. The number of rotatable bonds is 7. The van der Waals surface area contributed by atoms with Gasteiger partial charge in [-0.05, 0) is 26.0 Å². The van der Waals surface area contributed by atoms with Gasteiger partial charge in [0.1, 0.15) is 5.82 Å². The smallest absolute Gasteiger partial charge is 0.236 e. The fraction of sp³-hybridized carbons (Fsp3) is 0.500. The van der Waals surface area contributed by atoms with Gasteiger partial charge in [-0.25, -0.2) is 4.39 Å². The summed E-state index contributed by atoms with van der Waals surface area (Å²) in [5.41, 5.74) is 0.479. The Morgan fingerprint density at radius 2 is 1.91 bits per heavy atom. The van der Waals surface area contributed by atoms with Crippen molar-refractivity contribution >= 4 is 11.8 Å². The van der Waals surface area contributed by atoms with Gasteiger partial charge in [0.2, 0.25) is 11.8 Å². The van der Waals surface area contributed by atoms with Gasteiger partial charge in [0.05, 0.1) is 13.1 Å². The van der Waals surface area contributed by atoms with E-state index in [0.29, 0.717) is 11.6 Å². The molecular weight excluding hydrogens is 285 g/mol. The van der Waals surface area contributed by atoms with Crippen LogP contribution >= 0.6 is 0 Å². The van der Waals surface area contributed by atoms with E-state index in [9.17, 15) is 14.0 Å². The molecule has 0 spiro atoms. The number of nitrogens with one attached hydrogen (secondary N) is 1. The molecule has 0 radical (unpaired) electrons. The van der Waals surface area contributed by atoms with Gasteiger partial charge < -0.3 is 10.2 Å². The van der Waals surface area contributed by atoms with Gasteiger partial charge >= 0.3 is 0 Å². The van der Waals surface area contributed by atoms with Gasteiger partial charge in [-0.3, -0.25) is 14.5 Å². The van der Waals surface area contributed by atoms with E-state index >= 15 is 0 Å². The number of carbonyl (C=O) groups is 2. The summed E-state index contributed by atoms with van der Waals surface area (Å²) >= 11 is 0. The molecule has 0 unspecified atom stereocenters. The molecule has 1 saturated carbocycles. The number of likely N-dealkylation sites (N-methyl/N-ethyl adjacent to an activating group) is 2. The van der Waals surface area contributed by atoms with Gasteiger partial charge in [0, 0.05) is 25.2 Å². The molecule has 1 fully saturated rings. The van der Waals surface area contributed by atoms with Gasteiger partial charge in [-0.15, -0.1) is 0 Å². The maximum atomic E-state index is 13.6. The maximum absolute atomic E-state index is 13.6. The predicted octanol–water partition coefficient (Wildman–Crippen LogP) is 0.995. The number of carbonyl (C=O) groups excluding carboxylic acids is 2. The minimum atomic E-state index is -0.320. The topological polar surface area (TPSA) is 52.7 Å². The molecule has 1 aliphatic carbocycles. The molecule has 0 aromatic heterocycles. The number of hydrogen-bond acceptors (Lipinski definition) is 3. The lowest BCUT2D eigenvalue weighted by Crippen LogP contribution is -2.41. The van der Waals surface area contributed by atoms with Crippen LogP contribution in [0.3, 0.4) is 0 Å². The van der Waals surface area contributed by atoms with Crippen LogP contribution in [0.4, 0.5) is 4.39 Å². The summed E-state index contributed by atoms with van der Waals surface area (Å²) in [5, 5.41) is 2.88. The monoisotopic (exact) mass is 307 g/mol. The van der Waals surface area contributed by atoms with Crippen molar-refractivity contribution in [3.8, 4) is 0 Å². The van der Waals surface area contributed by atoms with Gasteiger partial charge in [0.15, 0.2) is 0 Å². The largest absolute Gasteiger partial charge is 0.352 e. The lowest BCUT2D eigenvalue weighted by atomic mass is 10.2. The first-order valence-corrected chi connectivity index (χ1v) is 7.41. The second kappa shape index (κ2) is 7.35. The van der Waals surface area contributed by atoms with Crippen molar-refractivity contribution in [2.24, 2.45) is 0 Å². The standard InChI is InChI=1S/C16H22FN3O2/c1-19(10-15(21)18-13-7-8-13)11-16(22)20(2)9-12-5-3-4-6-14(12)17/h3-6,13H,7-11H2,1-2H3,(H,18,21). The molecule has 0 bridgehead atoms. The average molecular weight is 307 g/mol. The van der Waals surface area contributed by atoms with Crippen LogP contribution in [0, 0.1) is 5.82 Å². The highest BCUT2D eigenvalue weighted by atomic mass is 19.1. The lowest BCUT2D eigenvalue weighted by Gasteiger charge is -2.22. The Bertz CT molecular complexity index is 546. The van der Waals surface area contributed by atoms with Crippen LogP contribution in [0.2, 0.25) is 0 Å². The van der Waals surface area contributed by atoms with Crippen LogP contribution in [0.25, 0.3) is 0 Å². The first-order chi connectivity index (χ1) is 10.5. The molecule has 0 heterocycles. The van der Waals surface area contributed by atoms with Crippen LogP contribution < -0.4 is 5.32 Å². The molecule has 5 nitrogen and oxygen atoms in total. The third kappa shape index (κ3) is 5.11. The molecule has 0 atom stereocenters. The predicted molar refractivity (Wildman–Crippen MR) is 81.5 cm³/mol. The third-order valence-electron chi connectivity index (χ3n) is 3.55. The Morgan fingerprint density at radius 1 is 1.23 bits per heavy atom. The second-order valence-electron chi connectivity index (χ2n) is 5.86. The Labute approximate surface area is 130 Å². The molecule has 120 valence electrons. The highest BCUT2D eigenvalue weighted by molar-refractivity contribution is 5.81. The van der Waals surface area contributed by atoms with Crippen LogP contribution in [-0.4, -0.2) is 54.8 Å². The SMILES string of the molecule is CN(CC(=O)NC1CC1)CC(=O)N(C)Cc1ccccc1F. The van der Waals surface area contributed by atoms with E-state index in [1.54, 1.807) is 37.2 Å². The Hall–Kier alpha value is -1.95. The van der Waals surface area contributed by atoms with E-state index in [1.165, 1.54) is 11.0 Å². The molecule has 1 aromatic carbocycles. The molecule has 1 aromatic rings. The fourth-order valence-corrected chi connectivity index (χ4v) is 2.12. The zero-order valence-electron chi connectivity index (χ0n) is 13.0. The van der Waals surface area contributed by atoms with E-state index in [2.05, 4.69) is 5.32 Å². The van der Waals surface area contributed by atoms with Crippen molar-refractivity contribution in [2.75, 3.05) is 27.2 Å². The summed E-state index contributed by atoms with van der Waals surface area (Å²) < 4.78 is 13.6. The van der Waals surface area contributed by atoms with Crippen molar-refractivity contribution in [2.45, 2.75) is 25.4 Å². The molecule has 2 amide bonds. The summed E-state index contributed by atoms with van der Waals surface area (Å²) in [5.74, 6) is -0.529. The summed E-state index contributed by atoms with van der Waals surface area (Å²) in [4.78, 5) is 26.9. The Morgan fingerprint density at radius 3 is 2.55 bits per heavy atom. The van der Waals surface area contributed by atoms with Crippen LogP contribution in [0.1, 0.15) is 18.4 Å². The fourth-order valence-electron chi connectivity index (χ4n) is 2.12. The van der Waals surface area contributed by atoms with E-state index in [-0.39, 0.29) is 37.3 Å². The molecule has 0 aliphatic heterocycles. The number of benzene rings is 1. The van der Waals surface area contributed by atoms with E-state index in [1.807, 2.05) is 0 Å². The third-order valence-corrected chi connectivity index (χ3v) is 3.55. The van der Waals surface area contributed by atoms with Gasteiger partial charge in [-0.1, -0.05) is 18.2 Å². The maximum Gasteiger partial charge on any atom is 0.236 e. The quantitative estimate of drug-likeness (QED) is 0.817. The number of hydrogen-bond donors (Lipinski definition) is 1. The van der Waals surface area contributed by atoms with E-state index in [0.717, 1.165) is 12.8 Å². The van der Waals surface area contributed by atoms with Crippen molar-refractivity contribution in [3.63, 3.8) is 0 Å². The van der Waals surface area contributed by atoms with E-state index in [4.69, 9.17) is 0 Å². The Balaban J connectivity index is 1.77. The highest BCUT2D eigenvalue weighted by Gasteiger charge is 2.24. The molecule has 2 rings (SSSR count). The first kappa shape index (κ1) is 16.4. The minimum absolute atomic E-state index is 0.0606. The lowest BCUT2D eigenvalue weighted by molar-refractivity contribution is -0.132. The van der Waals surface area contributed by atoms with Gasteiger partial charge in [0.25, 0.3) is 0 Å². The highest BCUT2D eigenvalue weighted by Crippen LogP contribution is 2.18. The number of amides is 2. The Kier molecular flexibility index (Phi) is 5.49. The minimum Gasteiger partial charge on any atom is -0.352 e. The average Bonchev–Trinajstić information content (AvgIpc) is 3.24. The summed E-state index contributed by atoms with van der Waals surface area (Å²) in [7, 11) is 3.36. The van der Waals surface area contributed by atoms with Crippen LogP contribution in [0.5, 0.6) is 0 Å². The zero-order chi connectivity index (χ0) is 16.1. The number of nitrogens with zero attached hydrogens (tertiary/aromatic N) is 2. The van der Waals surface area contributed by atoms with Crippen molar-refractivity contribution in [1.82, 2.24) is 15.1 Å². The van der Waals surface area contributed by atoms with Gasteiger partial charge in [-0.2, -0.15) is 0 Å². The molecule has 6 heteroatoms. The van der Waals surface area contributed by atoms with E-state index < -0.39 is 0 Å². The molecule has 22 heavy (non-hydrogen) atoms. The van der Waals surface area contributed by atoms with Crippen molar-refractivity contribution in [1.29, 1.82) is 0 Å². The molecule has 1 N–H and O–H groups in total. The molecule has 0 saturated heterocycles.